The number of nitrogens with zero attached hydrogens (tertiary/aromatic N) is 1. The molecule has 0 saturated carbocycles. The van der Waals surface area contributed by atoms with E-state index in [1.807, 2.05) is 18.2 Å². The molecule has 2 aromatic rings. The van der Waals surface area contributed by atoms with Gasteiger partial charge in [0.05, 0.1) is 18.8 Å². The Morgan fingerprint density at radius 3 is 2.63 bits per heavy atom. The molecule has 2 aromatic carbocycles. The van der Waals surface area contributed by atoms with Crippen molar-refractivity contribution < 1.29 is 14.6 Å². The van der Waals surface area contributed by atoms with Gasteiger partial charge < -0.3 is 15.2 Å². The van der Waals surface area contributed by atoms with Crippen molar-refractivity contribution in [1.82, 2.24) is 10.2 Å². The molecule has 1 fully saturated rings. The number of rotatable bonds is 6. The molecule has 3 rings (SSSR count). The van der Waals surface area contributed by atoms with Crippen molar-refractivity contribution in [2.24, 2.45) is 0 Å². The number of benzene rings is 2. The number of nitrogens with one attached hydrogen (secondary N) is 1. The lowest BCUT2D eigenvalue weighted by Gasteiger charge is -2.26. The van der Waals surface area contributed by atoms with Crippen molar-refractivity contribution in [2.45, 2.75) is 32.9 Å². The van der Waals surface area contributed by atoms with E-state index in [2.05, 4.69) is 36.2 Å². The number of phenolic OH excluding ortho intramolecular Hbond substituents is 1. The molecule has 2 N–H and O–H groups in total. The lowest BCUT2D eigenvalue weighted by Crippen LogP contribution is -2.35. The lowest BCUT2D eigenvalue weighted by atomic mass is 10.00. The molecule has 0 radical (unpaired) electrons. The van der Waals surface area contributed by atoms with Crippen molar-refractivity contribution in [2.75, 3.05) is 26.3 Å². The zero-order valence-electron chi connectivity index (χ0n) is 16.1. The van der Waals surface area contributed by atoms with Crippen LogP contribution in [0.1, 0.15) is 46.8 Å². The highest BCUT2D eigenvalue weighted by atomic mass is 16.5. The van der Waals surface area contributed by atoms with Crippen LogP contribution in [-0.4, -0.2) is 42.2 Å². The van der Waals surface area contributed by atoms with Crippen LogP contribution in [0.2, 0.25) is 0 Å². The highest BCUT2D eigenvalue weighted by Gasteiger charge is 2.14. The Balaban J connectivity index is 1.62. The predicted octanol–water partition coefficient (Wildman–Crippen LogP) is 3.28. The van der Waals surface area contributed by atoms with Crippen molar-refractivity contribution >= 4 is 5.91 Å². The Labute approximate surface area is 161 Å². The SMILES string of the molecule is CC(C)c1ccc(O)c(C(=O)NCc2cccc(CN3CCOCC3)c2)c1. The summed E-state index contributed by atoms with van der Waals surface area (Å²) in [4.78, 5) is 14.9. The van der Waals surface area contributed by atoms with E-state index in [0.29, 0.717) is 18.0 Å². The number of carbonyl (C=O) groups is 1. The zero-order chi connectivity index (χ0) is 19.2. The van der Waals surface area contributed by atoms with Gasteiger partial charge in [0.15, 0.2) is 0 Å². The van der Waals surface area contributed by atoms with E-state index < -0.39 is 0 Å². The van der Waals surface area contributed by atoms with Gasteiger partial charge in [0.1, 0.15) is 5.75 Å². The first-order valence-corrected chi connectivity index (χ1v) is 9.52. The Hall–Kier alpha value is -2.37. The van der Waals surface area contributed by atoms with Gasteiger partial charge >= 0.3 is 0 Å². The minimum atomic E-state index is -0.256. The van der Waals surface area contributed by atoms with Crippen LogP contribution >= 0.6 is 0 Å². The van der Waals surface area contributed by atoms with Crippen molar-refractivity contribution in [3.63, 3.8) is 0 Å². The first kappa shape index (κ1) is 19.4. The zero-order valence-corrected chi connectivity index (χ0v) is 16.1. The van der Waals surface area contributed by atoms with Gasteiger partial charge in [-0.1, -0.05) is 44.2 Å². The number of aromatic hydroxyl groups is 1. The van der Waals surface area contributed by atoms with Gasteiger partial charge in [0.25, 0.3) is 5.91 Å². The van der Waals surface area contributed by atoms with Crippen LogP contribution in [0.5, 0.6) is 5.75 Å². The molecule has 0 unspecified atom stereocenters. The second-order valence-electron chi connectivity index (χ2n) is 7.32. The summed E-state index contributed by atoms with van der Waals surface area (Å²) >= 11 is 0. The number of phenols is 1. The van der Waals surface area contributed by atoms with E-state index in [0.717, 1.165) is 44.0 Å². The molecule has 1 amide bonds. The van der Waals surface area contributed by atoms with E-state index in [-0.39, 0.29) is 11.7 Å². The van der Waals surface area contributed by atoms with Gasteiger partial charge in [-0.2, -0.15) is 0 Å². The van der Waals surface area contributed by atoms with Crippen LogP contribution in [0.15, 0.2) is 42.5 Å². The fourth-order valence-corrected chi connectivity index (χ4v) is 3.23. The second kappa shape index (κ2) is 9.02. The number of hydrogen-bond donors (Lipinski definition) is 2. The predicted molar refractivity (Wildman–Crippen MR) is 106 cm³/mol. The van der Waals surface area contributed by atoms with E-state index in [1.54, 1.807) is 12.1 Å². The van der Waals surface area contributed by atoms with E-state index in [1.165, 1.54) is 5.56 Å². The molecular formula is C22H28N2O3. The lowest BCUT2D eigenvalue weighted by molar-refractivity contribution is 0.0342. The molecule has 1 saturated heterocycles. The number of amides is 1. The molecule has 27 heavy (non-hydrogen) atoms. The summed E-state index contributed by atoms with van der Waals surface area (Å²) in [5, 5.41) is 13.0. The number of hydrogen-bond acceptors (Lipinski definition) is 4. The average molecular weight is 368 g/mol. The highest BCUT2D eigenvalue weighted by molar-refractivity contribution is 5.97. The number of morpholine rings is 1. The number of ether oxygens (including phenoxy) is 1. The fourth-order valence-electron chi connectivity index (χ4n) is 3.23. The molecule has 144 valence electrons. The maximum atomic E-state index is 12.5. The summed E-state index contributed by atoms with van der Waals surface area (Å²) in [6.07, 6.45) is 0. The Morgan fingerprint density at radius 1 is 1.15 bits per heavy atom. The monoisotopic (exact) mass is 368 g/mol. The van der Waals surface area contributed by atoms with Crippen molar-refractivity contribution in [3.8, 4) is 5.75 Å². The maximum Gasteiger partial charge on any atom is 0.255 e. The van der Waals surface area contributed by atoms with Gasteiger partial charge in [-0.3, -0.25) is 9.69 Å². The molecule has 5 nitrogen and oxygen atoms in total. The van der Waals surface area contributed by atoms with Crippen LogP contribution in [0.3, 0.4) is 0 Å². The molecular weight excluding hydrogens is 340 g/mol. The smallest absolute Gasteiger partial charge is 0.255 e. The van der Waals surface area contributed by atoms with Crippen LogP contribution in [-0.2, 0) is 17.8 Å². The van der Waals surface area contributed by atoms with Crippen molar-refractivity contribution in [1.29, 1.82) is 0 Å². The van der Waals surface area contributed by atoms with Crippen LogP contribution in [0, 0.1) is 0 Å². The topological polar surface area (TPSA) is 61.8 Å². The maximum absolute atomic E-state index is 12.5. The Morgan fingerprint density at radius 2 is 1.89 bits per heavy atom. The summed E-state index contributed by atoms with van der Waals surface area (Å²) in [5.41, 5.74) is 3.64. The van der Waals surface area contributed by atoms with Gasteiger partial charge in [-0.15, -0.1) is 0 Å². The average Bonchev–Trinajstić information content (AvgIpc) is 2.67. The quantitative estimate of drug-likeness (QED) is 0.821. The van der Waals surface area contributed by atoms with E-state index >= 15 is 0 Å². The van der Waals surface area contributed by atoms with Gasteiger partial charge in [0, 0.05) is 26.2 Å². The van der Waals surface area contributed by atoms with Crippen LogP contribution in [0.25, 0.3) is 0 Å². The second-order valence-corrected chi connectivity index (χ2v) is 7.32. The van der Waals surface area contributed by atoms with Gasteiger partial charge in [-0.05, 0) is 34.7 Å². The van der Waals surface area contributed by atoms with E-state index in [9.17, 15) is 9.90 Å². The summed E-state index contributed by atoms with van der Waals surface area (Å²) in [6.45, 7) is 8.92. The minimum absolute atomic E-state index is 0.0120. The molecule has 1 heterocycles. The molecule has 5 heteroatoms. The van der Waals surface area contributed by atoms with Crippen LogP contribution < -0.4 is 5.32 Å². The normalized spacial score (nSPS) is 15.1. The minimum Gasteiger partial charge on any atom is -0.507 e. The summed E-state index contributed by atoms with van der Waals surface area (Å²) in [7, 11) is 0. The molecule has 1 aliphatic rings. The molecule has 0 bridgehead atoms. The summed E-state index contributed by atoms with van der Waals surface area (Å²) < 4.78 is 5.39. The molecule has 0 spiro atoms. The molecule has 0 aliphatic carbocycles. The first-order valence-electron chi connectivity index (χ1n) is 9.52. The highest BCUT2D eigenvalue weighted by Crippen LogP contribution is 2.23. The third kappa shape index (κ3) is 5.31. The Bertz CT molecular complexity index is 783. The molecule has 1 aliphatic heterocycles. The van der Waals surface area contributed by atoms with Crippen LogP contribution in [0.4, 0.5) is 0 Å². The number of carbonyl (C=O) groups excluding carboxylic acids is 1. The third-order valence-corrected chi connectivity index (χ3v) is 4.89. The van der Waals surface area contributed by atoms with Crippen molar-refractivity contribution in [3.05, 3.63) is 64.7 Å². The summed E-state index contributed by atoms with van der Waals surface area (Å²) in [5.74, 6) is 0.0561. The van der Waals surface area contributed by atoms with Gasteiger partial charge in [-0.25, -0.2) is 0 Å². The standard InChI is InChI=1S/C22H28N2O3/c1-16(2)19-6-7-21(25)20(13-19)22(26)23-14-17-4-3-5-18(12-17)15-24-8-10-27-11-9-24/h3-7,12-13,16,25H,8-11,14-15H2,1-2H3,(H,23,26). The molecule has 0 aromatic heterocycles. The third-order valence-electron chi connectivity index (χ3n) is 4.89. The largest absolute Gasteiger partial charge is 0.507 e. The fraction of sp³-hybridized carbons (Fsp3) is 0.409. The summed E-state index contributed by atoms with van der Waals surface area (Å²) in [6, 6.07) is 13.5. The Kier molecular flexibility index (Phi) is 6.48. The molecule has 0 atom stereocenters. The first-order chi connectivity index (χ1) is 13.0. The van der Waals surface area contributed by atoms with Gasteiger partial charge in [0.2, 0.25) is 0 Å². The van der Waals surface area contributed by atoms with E-state index in [4.69, 9.17) is 4.74 Å².